The number of hydrogen-bond donors (Lipinski definition) is 1. The summed E-state index contributed by atoms with van der Waals surface area (Å²) >= 11 is 3.23. The molecular weight excluding hydrogens is 396 g/mol. The van der Waals surface area contributed by atoms with Crippen molar-refractivity contribution in [3.05, 3.63) is 83.1 Å². The van der Waals surface area contributed by atoms with Crippen molar-refractivity contribution < 1.29 is 14.3 Å². The Hall–Kier alpha value is -2.99. The SMILES string of the molecule is O=C(COC(=O)c1cncc(Br)c1)Nc1ccc(-c2ccccc2)cc1. The van der Waals surface area contributed by atoms with Gasteiger partial charge in [0.2, 0.25) is 0 Å². The van der Waals surface area contributed by atoms with E-state index in [4.69, 9.17) is 4.74 Å². The number of nitrogens with zero attached hydrogens (tertiary/aromatic N) is 1. The highest BCUT2D eigenvalue weighted by Gasteiger charge is 2.11. The maximum Gasteiger partial charge on any atom is 0.340 e. The van der Waals surface area contributed by atoms with Crippen LogP contribution in [0.15, 0.2) is 77.5 Å². The van der Waals surface area contributed by atoms with Crippen LogP contribution in [0.2, 0.25) is 0 Å². The highest BCUT2D eigenvalue weighted by atomic mass is 79.9. The fourth-order valence-corrected chi connectivity index (χ4v) is 2.68. The lowest BCUT2D eigenvalue weighted by Crippen LogP contribution is -2.21. The molecule has 1 amide bonds. The number of anilines is 1. The van der Waals surface area contributed by atoms with Gasteiger partial charge in [-0.25, -0.2) is 4.79 Å². The Balaban J connectivity index is 1.54. The topological polar surface area (TPSA) is 68.3 Å². The van der Waals surface area contributed by atoms with Crippen LogP contribution in [0.1, 0.15) is 10.4 Å². The van der Waals surface area contributed by atoms with Crippen LogP contribution in [0, 0.1) is 0 Å². The number of halogens is 1. The van der Waals surface area contributed by atoms with Gasteiger partial charge >= 0.3 is 5.97 Å². The Morgan fingerprint density at radius 2 is 1.65 bits per heavy atom. The molecule has 0 saturated heterocycles. The van der Waals surface area contributed by atoms with Gasteiger partial charge in [0.25, 0.3) is 5.91 Å². The van der Waals surface area contributed by atoms with Gasteiger partial charge in [-0.15, -0.1) is 0 Å². The first-order chi connectivity index (χ1) is 12.6. The van der Waals surface area contributed by atoms with Crippen molar-refractivity contribution in [2.45, 2.75) is 0 Å². The average molecular weight is 411 g/mol. The summed E-state index contributed by atoms with van der Waals surface area (Å²) in [4.78, 5) is 27.7. The van der Waals surface area contributed by atoms with Crippen molar-refractivity contribution in [3.8, 4) is 11.1 Å². The molecule has 1 aromatic heterocycles. The zero-order valence-corrected chi connectivity index (χ0v) is 15.3. The van der Waals surface area contributed by atoms with Crippen molar-refractivity contribution in [2.24, 2.45) is 0 Å². The van der Waals surface area contributed by atoms with Crippen molar-refractivity contribution in [1.29, 1.82) is 0 Å². The highest BCUT2D eigenvalue weighted by Crippen LogP contribution is 2.21. The molecular formula is C20H15BrN2O3. The van der Waals surface area contributed by atoms with Crippen LogP contribution in [0.5, 0.6) is 0 Å². The summed E-state index contributed by atoms with van der Waals surface area (Å²) in [7, 11) is 0. The normalized spacial score (nSPS) is 10.2. The molecule has 1 heterocycles. The zero-order chi connectivity index (χ0) is 18.4. The van der Waals surface area contributed by atoms with E-state index in [-0.39, 0.29) is 12.2 Å². The number of aromatic nitrogens is 1. The summed E-state index contributed by atoms with van der Waals surface area (Å²) in [6.07, 6.45) is 2.94. The standard InChI is InChI=1S/C20H15BrN2O3/c21-17-10-16(11-22-12-17)20(25)26-13-19(24)23-18-8-6-15(7-9-18)14-4-2-1-3-5-14/h1-12H,13H2,(H,23,24). The second kappa shape index (κ2) is 8.40. The molecule has 0 aliphatic heterocycles. The van der Waals surface area contributed by atoms with Crippen molar-refractivity contribution in [1.82, 2.24) is 4.98 Å². The fraction of sp³-hybridized carbons (Fsp3) is 0.0500. The Bertz CT molecular complexity index is 912. The second-order valence-corrected chi connectivity index (χ2v) is 6.38. The number of esters is 1. The Morgan fingerprint density at radius 3 is 2.35 bits per heavy atom. The summed E-state index contributed by atoms with van der Waals surface area (Å²) < 4.78 is 5.66. The minimum absolute atomic E-state index is 0.277. The molecule has 0 atom stereocenters. The summed E-state index contributed by atoms with van der Waals surface area (Å²) in [5.41, 5.74) is 3.06. The number of rotatable bonds is 5. The predicted octanol–water partition coefficient (Wildman–Crippen LogP) is 4.31. The van der Waals surface area contributed by atoms with Crippen LogP contribution in [0.4, 0.5) is 5.69 Å². The molecule has 0 unspecified atom stereocenters. The predicted molar refractivity (Wildman–Crippen MR) is 103 cm³/mol. The number of carbonyl (C=O) groups is 2. The Kier molecular flexibility index (Phi) is 5.76. The first kappa shape index (κ1) is 17.8. The molecule has 6 heteroatoms. The number of carbonyl (C=O) groups excluding carboxylic acids is 2. The van der Waals surface area contributed by atoms with E-state index in [0.717, 1.165) is 11.1 Å². The molecule has 0 fully saturated rings. The van der Waals surface area contributed by atoms with Crippen LogP contribution in [0.25, 0.3) is 11.1 Å². The van der Waals surface area contributed by atoms with Gasteiger partial charge in [-0.05, 0) is 45.3 Å². The molecule has 130 valence electrons. The third-order valence-electron chi connectivity index (χ3n) is 3.55. The lowest BCUT2D eigenvalue weighted by Gasteiger charge is -2.08. The van der Waals surface area contributed by atoms with Gasteiger partial charge in [-0.3, -0.25) is 9.78 Å². The molecule has 0 spiro atoms. The van der Waals surface area contributed by atoms with E-state index in [1.807, 2.05) is 42.5 Å². The maximum atomic E-state index is 12.0. The molecule has 0 radical (unpaired) electrons. The van der Waals surface area contributed by atoms with E-state index in [1.165, 1.54) is 6.20 Å². The van der Waals surface area contributed by atoms with E-state index < -0.39 is 11.9 Å². The van der Waals surface area contributed by atoms with Crippen LogP contribution in [-0.4, -0.2) is 23.5 Å². The van der Waals surface area contributed by atoms with E-state index in [9.17, 15) is 9.59 Å². The number of pyridine rings is 1. The van der Waals surface area contributed by atoms with Crippen LogP contribution in [0.3, 0.4) is 0 Å². The van der Waals surface area contributed by atoms with Crippen molar-refractivity contribution in [3.63, 3.8) is 0 Å². The third kappa shape index (κ3) is 4.77. The minimum atomic E-state index is -0.603. The third-order valence-corrected chi connectivity index (χ3v) is 3.98. The number of benzene rings is 2. The van der Waals surface area contributed by atoms with Gasteiger partial charge in [-0.1, -0.05) is 42.5 Å². The summed E-state index contributed by atoms with van der Waals surface area (Å²) in [6.45, 7) is -0.369. The second-order valence-electron chi connectivity index (χ2n) is 5.46. The lowest BCUT2D eigenvalue weighted by atomic mass is 10.1. The number of nitrogens with one attached hydrogen (secondary N) is 1. The first-order valence-electron chi connectivity index (χ1n) is 7.85. The molecule has 0 aliphatic carbocycles. The molecule has 26 heavy (non-hydrogen) atoms. The number of amides is 1. The molecule has 2 aromatic carbocycles. The van der Waals surface area contributed by atoms with Crippen LogP contribution in [-0.2, 0) is 9.53 Å². The fourth-order valence-electron chi connectivity index (χ4n) is 2.31. The minimum Gasteiger partial charge on any atom is -0.452 e. The monoisotopic (exact) mass is 410 g/mol. The van der Waals surface area contributed by atoms with E-state index >= 15 is 0 Å². The van der Waals surface area contributed by atoms with E-state index in [0.29, 0.717) is 10.2 Å². The summed E-state index contributed by atoms with van der Waals surface area (Å²) in [6, 6.07) is 19.0. The molecule has 5 nitrogen and oxygen atoms in total. The number of ether oxygens (including phenoxy) is 1. The molecule has 1 N–H and O–H groups in total. The zero-order valence-electron chi connectivity index (χ0n) is 13.7. The van der Waals surface area contributed by atoms with Gasteiger partial charge < -0.3 is 10.1 Å². The molecule has 0 saturated carbocycles. The quantitative estimate of drug-likeness (QED) is 0.636. The van der Waals surface area contributed by atoms with E-state index in [2.05, 4.69) is 26.2 Å². The van der Waals surface area contributed by atoms with Gasteiger partial charge in [-0.2, -0.15) is 0 Å². The Labute approximate surface area is 159 Å². The van der Waals surface area contributed by atoms with Crippen molar-refractivity contribution in [2.75, 3.05) is 11.9 Å². The van der Waals surface area contributed by atoms with E-state index in [1.54, 1.807) is 24.4 Å². The number of hydrogen-bond acceptors (Lipinski definition) is 4. The van der Waals surface area contributed by atoms with Gasteiger partial charge in [0.1, 0.15) is 0 Å². The van der Waals surface area contributed by atoms with Crippen LogP contribution >= 0.6 is 15.9 Å². The van der Waals surface area contributed by atoms with Crippen LogP contribution < -0.4 is 5.32 Å². The van der Waals surface area contributed by atoms with Gasteiger partial charge in [0.15, 0.2) is 6.61 Å². The lowest BCUT2D eigenvalue weighted by molar-refractivity contribution is -0.119. The van der Waals surface area contributed by atoms with Gasteiger partial charge in [0.05, 0.1) is 5.56 Å². The first-order valence-corrected chi connectivity index (χ1v) is 8.64. The highest BCUT2D eigenvalue weighted by molar-refractivity contribution is 9.10. The Morgan fingerprint density at radius 1 is 0.962 bits per heavy atom. The van der Waals surface area contributed by atoms with Gasteiger partial charge in [0, 0.05) is 22.6 Å². The molecule has 3 rings (SSSR count). The maximum absolute atomic E-state index is 12.0. The molecule has 0 aliphatic rings. The molecule has 3 aromatic rings. The summed E-state index contributed by atoms with van der Waals surface area (Å²) in [5.74, 6) is -1.01. The average Bonchev–Trinajstić information content (AvgIpc) is 2.67. The molecule has 0 bridgehead atoms. The summed E-state index contributed by atoms with van der Waals surface area (Å²) in [5, 5.41) is 2.70. The van der Waals surface area contributed by atoms with Crippen molar-refractivity contribution >= 4 is 33.5 Å². The smallest absolute Gasteiger partial charge is 0.340 e. The largest absolute Gasteiger partial charge is 0.452 e.